The summed E-state index contributed by atoms with van der Waals surface area (Å²) in [5, 5.41) is 12.4. The van der Waals surface area contributed by atoms with Gasteiger partial charge in [0, 0.05) is 24.8 Å². The highest BCUT2D eigenvalue weighted by Gasteiger charge is 2.19. The number of nitrogens with one attached hydrogen (secondary N) is 1. The van der Waals surface area contributed by atoms with Crippen molar-refractivity contribution in [3.8, 4) is 0 Å². The van der Waals surface area contributed by atoms with Gasteiger partial charge in [-0.15, -0.1) is 0 Å². The average molecular weight is 264 g/mol. The van der Waals surface area contributed by atoms with Gasteiger partial charge in [-0.05, 0) is 25.5 Å². The lowest BCUT2D eigenvalue weighted by atomic mass is 10.1. The molecule has 0 aromatic carbocycles. The molecule has 1 amide bonds. The number of β-amino-alcohol motifs (C(OH)–C–C–N with tert-alkyl or cyclic N) is 1. The van der Waals surface area contributed by atoms with Gasteiger partial charge in [0.2, 0.25) is 5.91 Å². The van der Waals surface area contributed by atoms with E-state index in [-0.39, 0.29) is 12.0 Å². The molecule has 1 atom stereocenters. The van der Waals surface area contributed by atoms with E-state index in [1.54, 1.807) is 12.3 Å². The van der Waals surface area contributed by atoms with Crippen LogP contribution in [0.1, 0.15) is 18.4 Å². The predicted molar refractivity (Wildman–Crippen MR) is 72.2 cm³/mol. The van der Waals surface area contributed by atoms with Gasteiger partial charge in [-0.3, -0.25) is 9.69 Å². The smallest absolute Gasteiger partial charge is 0.234 e. The molecule has 0 bridgehead atoms. The number of hydrogen-bond acceptors (Lipinski definition) is 5. The highest BCUT2D eigenvalue weighted by molar-refractivity contribution is 5.78. The molecule has 4 N–H and O–H groups in total. The first kappa shape index (κ1) is 13.8. The van der Waals surface area contributed by atoms with Crippen LogP contribution in [-0.2, 0) is 11.3 Å². The highest BCUT2D eigenvalue weighted by Crippen LogP contribution is 2.09. The summed E-state index contributed by atoms with van der Waals surface area (Å²) in [5.41, 5.74) is 6.52. The zero-order chi connectivity index (χ0) is 13.7. The molecule has 2 heterocycles. The largest absolute Gasteiger partial charge is 0.392 e. The van der Waals surface area contributed by atoms with Crippen LogP contribution in [0.5, 0.6) is 0 Å². The molecule has 0 spiro atoms. The van der Waals surface area contributed by atoms with Gasteiger partial charge >= 0.3 is 0 Å². The molecule has 0 radical (unpaired) electrons. The third-order valence-corrected chi connectivity index (χ3v) is 3.25. The molecule has 1 aromatic rings. The second kappa shape index (κ2) is 6.49. The van der Waals surface area contributed by atoms with Crippen LogP contribution in [-0.4, -0.2) is 46.6 Å². The summed E-state index contributed by atoms with van der Waals surface area (Å²) in [7, 11) is 0. The molecule has 1 aliphatic heterocycles. The number of carbonyl (C=O) groups is 1. The van der Waals surface area contributed by atoms with E-state index in [4.69, 9.17) is 5.73 Å². The SMILES string of the molecule is Nc1ncccc1CNC(=O)CN1CCCC(O)C1. The monoisotopic (exact) mass is 264 g/mol. The van der Waals surface area contributed by atoms with Gasteiger partial charge in [-0.1, -0.05) is 6.07 Å². The van der Waals surface area contributed by atoms with Gasteiger partial charge < -0.3 is 16.2 Å². The Labute approximate surface area is 112 Å². The molecule has 0 aliphatic carbocycles. The van der Waals surface area contributed by atoms with E-state index in [1.807, 2.05) is 11.0 Å². The lowest BCUT2D eigenvalue weighted by Gasteiger charge is -2.29. The summed E-state index contributed by atoms with van der Waals surface area (Å²) in [5.74, 6) is 0.383. The van der Waals surface area contributed by atoms with Crippen LogP contribution in [0.25, 0.3) is 0 Å². The molecule has 2 rings (SSSR count). The Kier molecular flexibility index (Phi) is 4.70. The van der Waals surface area contributed by atoms with Crippen molar-refractivity contribution in [2.45, 2.75) is 25.5 Å². The summed E-state index contributed by atoms with van der Waals surface area (Å²) in [6.45, 7) is 2.13. The number of carbonyl (C=O) groups excluding carboxylic acids is 1. The minimum absolute atomic E-state index is 0.0580. The Morgan fingerprint density at radius 2 is 2.47 bits per heavy atom. The van der Waals surface area contributed by atoms with Gasteiger partial charge in [0.1, 0.15) is 5.82 Å². The number of amides is 1. The zero-order valence-electron chi connectivity index (χ0n) is 10.9. The molecular weight excluding hydrogens is 244 g/mol. The third-order valence-electron chi connectivity index (χ3n) is 3.25. The van der Waals surface area contributed by atoms with Crippen LogP contribution in [0.3, 0.4) is 0 Å². The fraction of sp³-hybridized carbons (Fsp3) is 0.538. The Morgan fingerprint density at radius 3 is 3.21 bits per heavy atom. The van der Waals surface area contributed by atoms with Crippen LogP contribution >= 0.6 is 0 Å². The fourth-order valence-corrected chi connectivity index (χ4v) is 2.23. The van der Waals surface area contributed by atoms with Gasteiger partial charge in [0.05, 0.1) is 12.6 Å². The van der Waals surface area contributed by atoms with E-state index in [0.717, 1.165) is 24.9 Å². The van der Waals surface area contributed by atoms with Crippen LogP contribution in [0.15, 0.2) is 18.3 Å². The first-order valence-corrected chi connectivity index (χ1v) is 6.51. The zero-order valence-corrected chi connectivity index (χ0v) is 10.9. The number of nitrogens with two attached hydrogens (primary N) is 1. The van der Waals surface area contributed by atoms with Crippen LogP contribution in [0.2, 0.25) is 0 Å². The van der Waals surface area contributed by atoms with E-state index in [9.17, 15) is 9.90 Å². The van der Waals surface area contributed by atoms with Gasteiger partial charge in [-0.2, -0.15) is 0 Å². The van der Waals surface area contributed by atoms with Gasteiger partial charge in [0.15, 0.2) is 0 Å². The van der Waals surface area contributed by atoms with Crippen molar-refractivity contribution in [1.29, 1.82) is 0 Å². The normalized spacial score (nSPS) is 20.2. The number of aromatic nitrogens is 1. The minimum atomic E-state index is -0.310. The van der Waals surface area contributed by atoms with E-state index >= 15 is 0 Å². The first-order chi connectivity index (χ1) is 9.15. The summed E-state index contributed by atoms with van der Waals surface area (Å²) >= 11 is 0. The molecule has 104 valence electrons. The molecule has 19 heavy (non-hydrogen) atoms. The molecule has 1 unspecified atom stereocenters. The van der Waals surface area contributed by atoms with E-state index in [2.05, 4.69) is 10.3 Å². The van der Waals surface area contributed by atoms with Gasteiger partial charge in [-0.25, -0.2) is 4.98 Å². The number of anilines is 1. The Balaban J connectivity index is 1.77. The maximum absolute atomic E-state index is 11.8. The third kappa shape index (κ3) is 4.18. The molecule has 1 saturated heterocycles. The van der Waals surface area contributed by atoms with Crippen LogP contribution < -0.4 is 11.1 Å². The van der Waals surface area contributed by atoms with Crippen LogP contribution in [0.4, 0.5) is 5.82 Å². The van der Waals surface area contributed by atoms with Crippen molar-refractivity contribution in [3.05, 3.63) is 23.9 Å². The van der Waals surface area contributed by atoms with Crippen molar-refractivity contribution < 1.29 is 9.90 Å². The van der Waals surface area contributed by atoms with Gasteiger partial charge in [0.25, 0.3) is 0 Å². The molecule has 1 aromatic heterocycles. The van der Waals surface area contributed by atoms with Crippen molar-refractivity contribution in [1.82, 2.24) is 15.2 Å². The van der Waals surface area contributed by atoms with E-state index < -0.39 is 0 Å². The highest BCUT2D eigenvalue weighted by atomic mass is 16.3. The predicted octanol–water partition coefficient (Wildman–Crippen LogP) is -0.263. The quantitative estimate of drug-likeness (QED) is 0.696. The number of rotatable bonds is 4. The van der Waals surface area contributed by atoms with Crippen LogP contribution in [0, 0.1) is 0 Å². The Hall–Kier alpha value is -1.66. The number of hydrogen-bond donors (Lipinski definition) is 3. The maximum Gasteiger partial charge on any atom is 0.234 e. The van der Waals surface area contributed by atoms with Crippen molar-refractivity contribution in [2.24, 2.45) is 0 Å². The molecule has 6 nitrogen and oxygen atoms in total. The first-order valence-electron chi connectivity index (χ1n) is 6.51. The minimum Gasteiger partial charge on any atom is -0.392 e. The number of aliphatic hydroxyl groups excluding tert-OH is 1. The van der Waals surface area contributed by atoms with Crippen molar-refractivity contribution >= 4 is 11.7 Å². The summed E-state index contributed by atoms with van der Waals surface area (Å²) in [6.07, 6.45) is 3.07. The lowest BCUT2D eigenvalue weighted by Crippen LogP contribution is -2.44. The number of likely N-dealkylation sites (tertiary alicyclic amines) is 1. The summed E-state index contributed by atoms with van der Waals surface area (Å²) in [6, 6.07) is 3.63. The maximum atomic E-state index is 11.8. The fourth-order valence-electron chi connectivity index (χ4n) is 2.23. The second-order valence-corrected chi connectivity index (χ2v) is 4.86. The number of pyridine rings is 1. The standard InChI is InChI=1S/C13H20N4O2/c14-13-10(3-1-5-15-13)7-16-12(19)9-17-6-2-4-11(18)8-17/h1,3,5,11,18H,2,4,6-9H2,(H2,14,15)(H,16,19). The molecule has 6 heteroatoms. The topological polar surface area (TPSA) is 91.5 Å². The average Bonchev–Trinajstić information content (AvgIpc) is 2.38. The molecule has 0 saturated carbocycles. The van der Waals surface area contributed by atoms with E-state index in [1.165, 1.54) is 0 Å². The van der Waals surface area contributed by atoms with Crippen molar-refractivity contribution in [2.75, 3.05) is 25.4 Å². The number of piperidine rings is 1. The lowest BCUT2D eigenvalue weighted by molar-refractivity contribution is -0.123. The second-order valence-electron chi connectivity index (χ2n) is 4.86. The summed E-state index contributed by atoms with van der Waals surface area (Å²) < 4.78 is 0. The number of nitrogen functional groups attached to an aromatic ring is 1. The number of aliphatic hydroxyl groups is 1. The van der Waals surface area contributed by atoms with E-state index in [0.29, 0.717) is 25.5 Å². The van der Waals surface area contributed by atoms with Crippen molar-refractivity contribution in [3.63, 3.8) is 0 Å². The molecular formula is C13H20N4O2. The Morgan fingerprint density at radius 1 is 1.63 bits per heavy atom. The molecule has 1 fully saturated rings. The molecule has 1 aliphatic rings. The Bertz CT molecular complexity index is 438. The summed E-state index contributed by atoms with van der Waals surface area (Å²) in [4.78, 5) is 17.7. The number of nitrogens with zero attached hydrogens (tertiary/aromatic N) is 2.